The minimum Gasteiger partial charge on any atom is -0.389 e. The lowest BCUT2D eigenvalue weighted by atomic mass is 9.95. The summed E-state index contributed by atoms with van der Waals surface area (Å²) >= 11 is 0. The van der Waals surface area contributed by atoms with Gasteiger partial charge < -0.3 is 25.9 Å². The van der Waals surface area contributed by atoms with Gasteiger partial charge in [0.2, 0.25) is 11.9 Å². The third kappa shape index (κ3) is 4.64. The van der Waals surface area contributed by atoms with Crippen LogP contribution in [0.15, 0.2) is 30.7 Å². The molecule has 1 aliphatic rings. The fourth-order valence-electron chi connectivity index (χ4n) is 3.84. The number of aromatic nitrogens is 3. The number of allylic oxidation sites excluding steroid dienone is 1. The van der Waals surface area contributed by atoms with Gasteiger partial charge in [-0.1, -0.05) is 6.58 Å². The monoisotopic (exact) mass is 395 g/mol. The first-order valence-corrected chi connectivity index (χ1v) is 10.1. The van der Waals surface area contributed by atoms with E-state index in [0.717, 1.165) is 61.1 Å². The van der Waals surface area contributed by atoms with Crippen LogP contribution >= 0.6 is 0 Å². The Morgan fingerprint density at radius 1 is 1.45 bits per heavy atom. The second kappa shape index (κ2) is 9.36. The minimum absolute atomic E-state index is 0.000601. The van der Waals surface area contributed by atoms with E-state index < -0.39 is 0 Å². The maximum Gasteiger partial charge on any atom is 0.246 e. The molecule has 3 rings (SSSR count). The van der Waals surface area contributed by atoms with Crippen molar-refractivity contribution in [2.45, 2.75) is 45.6 Å². The molecule has 1 atom stereocenters. The van der Waals surface area contributed by atoms with Crippen LogP contribution in [0.5, 0.6) is 0 Å². The second-order valence-corrected chi connectivity index (χ2v) is 7.19. The molecule has 0 spiro atoms. The maximum absolute atomic E-state index is 12.2. The Balaban J connectivity index is 1.85. The summed E-state index contributed by atoms with van der Waals surface area (Å²) in [4.78, 5) is 26.6. The van der Waals surface area contributed by atoms with E-state index in [0.29, 0.717) is 11.6 Å². The van der Waals surface area contributed by atoms with Crippen molar-refractivity contribution in [1.29, 1.82) is 5.41 Å². The Morgan fingerprint density at radius 2 is 2.28 bits per heavy atom. The standard InChI is InChI=1S/C21H29N7O/c1-4-18(29)28-9-7-6-8-17(28)10-15-12-24-20-19(15)14(3)25-21(27-20)26-16(11-22)13-23-5-2/h4,11-13,17,22-23H,1,5-10H2,2-3H3,(H2,24,25,26,27)/b16-13+,22-11?. The van der Waals surface area contributed by atoms with Crippen molar-refractivity contribution >= 4 is 29.1 Å². The third-order valence-electron chi connectivity index (χ3n) is 5.21. The number of amides is 1. The third-order valence-corrected chi connectivity index (χ3v) is 5.21. The molecule has 4 N–H and O–H groups in total. The molecule has 2 aromatic heterocycles. The highest BCUT2D eigenvalue weighted by molar-refractivity contribution is 5.88. The number of hydrogen-bond acceptors (Lipinski definition) is 6. The van der Waals surface area contributed by atoms with Crippen LogP contribution in [-0.4, -0.2) is 51.1 Å². The van der Waals surface area contributed by atoms with Crippen molar-refractivity contribution < 1.29 is 4.79 Å². The highest BCUT2D eigenvalue weighted by atomic mass is 16.2. The molecule has 0 bridgehead atoms. The summed E-state index contributed by atoms with van der Waals surface area (Å²) in [6.45, 7) is 9.14. The molecule has 1 aliphatic heterocycles. The van der Waals surface area contributed by atoms with Gasteiger partial charge in [-0.05, 0) is 51.2 Å². The fourth-order valence-corrected chi connectivity index (χ4v) is 3.84. The number of anilines is 1. The molecule has 0 aliphatic carbocycles. The quantitative estimate of drug-likeness (QED) is 0.406. The highest BCUT2D eigenvalue weighted by Gasteiger charge is 2.26. The number of hydrogen-bond donors (Lipinski definition) is 4. The molecule has 0 radical (unpaired) electrons. The average Bonchev–Trinajstić information content (AvgIpc) is 3.14. The van der Waals surface area contributed by atoms with Crippen LogP contribution in [0.4, 0.5) is 5.95 Å². The first kappa shape index (κ1) is 20.6. The van der Waals surface area contributed by atoms with E-state index >= 15 is 0 Å². The van der Waals surface area contributed by atoms with Gasteiger partial charge in [0.05, 0.1) is 11.4 Å². The number of rotatable bonds is 8. The summed E-state index contributed by atoms with van der Waals surface area (Å²) in [5.41, 5.74) is 3.31. The lowest BCUT2D eigenvalue weighted by Gasteiger charge is -2.35. The molecule has 1 saturated heterocycles. The lowest BCUT2D eigenvalue weighted by molar-refractivity contribution is -0.129. The summed E-state index contributed by atoms with van der Waals surface area (Å²) in [7, 11) is 0. The fraction of sp³-hybridized carbons (Fsp3) is 0.429. The van der Waals surface area contributed by atoms with Gasteiger partial charge in [0.15, 0.2) is 0 Å². The summed E-state index contributed by atoms with van der Waals surface area (Å²) in [6.07, 6.45) is 10.2. The van der Waals surface area contributed by atoms with Gasteiger partial charge in [-0.3, -0.25) is 4.79 Å². The van der Waals surface area contributed by atoms with Gasteiger partial charge in [0.25, 0.3) is 0 Å². The molecule has 1 fully saturated rings. The number of carbonyl (C=O) groups excluding carboxylic acids is 1. The zero-order valence-corrected chi connectivity index (χ0v) is 17.1. The molecule has 0 aromatic carbocycles. The van der Waals surface area contributed by atoms with Crippen molar-refractivity contribution in [3.63, 3.8) is 0 Å². The highest BCUT2D eigenvalue weighted by Crippen LogP contribution is 2.27. The van der Waals surface area contributed by atoms with Crippen molar-refractivity contribution in [2.75, 3.05) is 18.4 Å². The molecule has 8 nitrogen and oxygen atoms in total. The van der Waals surface area contributed by atoms with E-state index in [4.69, 9.17) is 5.41 Å². The maximum atomic E-state index is 12.2. The number of nitrogens with zero attached hydrogens (tertiary/aromatic N) is 3. The van der Waals surface area contributed by atoms with Crippen molar-refractivity contribution in [2.24, 2.45) is 0 Å². The van der Waals surface area contributed by atoms with Gasteiger partial charge in [-0.25, -0.2) is 4.98 Å². The molecule has 2 aromatic rings. The molecule has 154 valence electrons. The Morgan fingerprint density at radius 3 is 3.00 bits per heavy atom. The van der Waals surface area contributed by atoms with Gasteiger partial charge >= 0.3 is 0 Å². The normalized spacial score (nSPS) is 17.2. The largest absolute Gasteiger partial charge is 0.389 e. The average molecular weight is 396 g/mol. The molecule has 3 heterocycles. The Bertz CT molecular complexity index is 930. The predicted octanol–water partition coefficient (Wildman–Crippen LogP) is 2.89. The number of aromatic amines is 1. The number of piperidine rings is 1. The van der Waals surface area contributed by atoms with Gasteiger partial charge in [0.1, 0.15) is 5.65 Å². The number of carbonyl (C=O) groups is 1. The van der Waals surface area contributed by atoms with Crippen molar-refractivity contribution in [3.05, 3.63) is 42.0 Å². The molecular formula is C21H29N7O. The SMILES string of the molecule is C=CC(=O)N1CCCCC1Cc1c[nH]c2nc(N/C(C=N)=C/NCC)nc(C)c12. The van der Waals surface area contributed by atoms with E-state index in [-0.39, 0.29) is 11.9 Å². The molecule has 1 unspecified atom stereocenters. The van der Waals surface area contributed by atoms with Crippen LogP contribution in [0.2, 0.25) is 0 Å². The van der Waals surface area contributed by atoms with Gasteiger partial charge in [-0.15, -0.1) is 0 Å². The van der Waals surface area contributed by atoms with E-state index in [1.165, 1.54) is 12.3 Å². The van der Waals surface area contributed by atoms with E-state index in [2.05, 4.69) is 32.2 Å². The summed E-state index contributed by atoms with van der Waals surface area (Å²) in [6, 6.07) is 0.165. The Labute approximate surface area is 171 Å². The summed E-state index contributed by atoms with van der Waals surface area (Å²) < 4.78 is 0. The molecule has 29 heavy (non-hydrogen) atoms. The van der Waals surface area contributed by atoms with Crippen LogP contribution in [0.25, 0.3) is 11.0 Å². The number of aryl methyl sites for hydroxylation is 1. The Kier molecular flexibility index (Phi) is 6.64. The van der Waals surface area contributed by atoms with Crippen LogP contribution < -0.4 is 10.6 Å². The first-order valence-electron chi connectivity index (χ1n) is 10.1. The zero-order valence-electron chi connectivity index (χ0n) is 17.1. The topological polar surface area (TPSA) is 110 Å². The number of fused-ring (bicyclic) bond motifs is 1. The van der Waals surface area contributed by atoms with Crippen LogP contribution in [-0.2, 0) is 11.2 Å². The number of H-pyrrole nitrogens is 1. The Hall–Kier alpha value is -3.16. The smallest absolute Gasteiger partial charge is 0.246 e. The van der Waals surface area contributed by atoms with Crippen LogP contribution in [0.1, 0.15) is 37.4 Å². The first-order chi connectivity index (χ1) is 14.1. The van der Waals surface area contributed by atoms with Crippen LogP contribution in [0, 0.1) is 12.3 Å². The van der Waals surface area contributed by atoms with Crippen molar-refractivity contribution in [3.8, 4) is 0 Å². The van der Waals surface area contributed by atoms with Gasteiger partial charge in [0, 0.05) is 43.1 Å². The van der Waals surface area contributed by atoms with Crippen molar-refractivity contribution in [1.82, 2.24) is 25.2 Å². The molecule has 0 saturated carbocycles. The molecule has 1 amide bonds. The van der Waals surface area contributed by atoms with Gasteiger partial charge in [-0.2, -0.15) is 4.98 Å². The number of nitrogens with one attached hydrogen (secondary N) is 4. The summed E-state index contributed by atoms with van der Waals surface area (Å²) in [5.74, 6) is 0.442. The lowest BCUT2D eigenvalue weighted by Crippen LogP contribution is -2.44. The van der Waals surface area contributed by atoms with E-state index in [1.54, 1.807) is 6.20 Å². The van der Waals surface area contributed by atoms with Crippen LogP contribution in [0.3, 0.4) is 0 Å². The minimum atomic E-state index is 0.000601. The number of likely N-dealkylation sites (tertiary alicyclic amines) is 1. The van der Waals surface area contributed by atoms with E-state index in [9.17, 15) is 4.79 Å². The zero-order chi connectivity index (χ0) is 20.8. The summed E-state index contributed by atoms with van der Waals surface area (Å²) in [5, 5.41) is 14.6. The van der Waals surface area contributed by atoms with E-state index in [1.807, 2.05) is 24.9 Å². The second-order valence-electron chi connectivity index (χ2n) is 7.19. The molecule has 8 heteroatoms. The molecular weight excluding hydrogens is 366 g/mol. The predicted molar refractivity (Wildman–Crippen MR) is 116 cm³/mol.